The van der Waals surface area contributed by atoms with Crippen molar-refractivity contribution < 1.29 is 4.42 Å². The highest BCUT2D eigenvalue weighted by Gasteiger charge is 2.09. The van der Waals surface area contributed by atoms with E-state index in [1.165, 1.54) is 6.33 Å². The lowest BCUT2D eigenvalue weighted by Gasteiger charge is -1.99. The number of imidazole rings is 1. The lowest BCUT2D eigenvalue weighted by Crippen LogP contribution is -1.87. The summed E-state index contributed by atoms with van der Waals surface area (Å²) in [4.78, 5) is 20.2. The Balaban J connectivity index is 1.53. The molecule has 0 aromatic carbocycles. The van der Waals surface area contributed by atoms with E-state index in [4.69, 9.17) is 4.42 Å². The minimum Gasteiger partial charge on any atom is -0.472 e. The molecule has 21 heavy (non-hydrogen) atoms. The van der Waals surface area contributed by atoms with E-state index in [0.717, 1.165) is 32.6 Å². The second-order valence-corrected chi connectivity index (χ2v) is 6.05. The Kier molecular flexibility index (Phi) is 3.17. The summed E-state index contributed by atoms with van der Waals surface area (Å²) in [5.74, 6) is 0.749. The van der Waals surface area contributed by atoms with Crippen LogP contribution in [-0.2, 0) is 5.75 Å². The second kappa shape index (κ2) is 5.30. The van der Waals surface area contributed by atoms with E-state index in [1.807, 2.05) is 6.07 Å². The van der Waals surface area contributed by atoms with E-state index >= 15 is 0 Å². The molecule has 0 saturated carbocycles. The van der Waals surface area contributed by atoms with E-state index in [9.17, 15) is 0 Å². The molecule has 4 heterocycles. The number of nitrogens with one attached hydrogen (secondary N) is 1. The molecule has 0 bridgehead atoms. The van der Waals surface area contributed by atoms with E-state index in [0.29, 0.717) is 5.65 Å². The molecule has 4 rings (SSSR count). The fourth-order valence-corrected chi connectivity index (χ4v) is 3.65. The summed E-state index contributed by atoms with van der Waals surface area (Å²) in [5, 5.41) is 3.91. The van der Waals surface area contributed by atoms with Crippen LogP contribution < -0.4 is 0 Å². The summed E-state index contributed by atoms with van der Waals surface area (Å²) in [6, 6.07) is 1.91. The van der Waals surface area contributed by atoms with Crippen LogP contribution in [0, 0.1) is 0 Å². The number of hydrogen-bond donors (Lipinski definition) is 1. The van der Waals surface area contributed by atoms with Crippen LogP contribution in [0.3, 0.4) is 0 Å². The lowest BCUT2D eigenvalue weighted by molar-refractivity contribution is 0.568. The number of H-pyrrole nitrogens is 1. The van der Waals surface area contributed by atoms with Crippen molar-refractivity contribution in [3.8, 4) is 10.6 Å². The third-order valence-corrected chi connectivity index (χ3v) is 4.83. The monoisotopic (exact) mass is 315 g/mol. The highest BCUT2D eigenvalue weighted by molar-refractivity contribution is 7.98. The summed E-state index contributed by atoms with van der Waals surface area (Å²) in [5.41, 5.74) is 3.58. The smallest absolute Gasteiger partial charge is 0.181 e. The summed E-state index contributed by atoms with van der Waals surface area (Å²) in [7, 11) is 0. The molecule has 8 heteroatoms. The zero-order valence-electron chi connectivity index (χ0n) is 10.7. The van der Waals surface area contributed by atoms with Crippen LogP contribution in [0.5, 0.6) is 0 Å². The zero-order valence-corrected chi connectivity index (χ0v) is 12.3. The van der Waals surface area contributed by atoms with Crippen molar-refractivity contribution in [2.24, 2.45) is 0 Å². The first-order valence-electron chi connectivity index (χ1n) is 6.14. The van der Waals surface area contributed by atoms with Crippen molar-refractivity contribution in [3.63, 3.8) is 0 Å². The van der Waals surface area contributed by atoms with Gasteiger partial charge in [0, 0.05) is 16.7 Å². The first-order chi connectivity index (χ1) is 10.4. The van der Waals surface area contributed by atoms with Crippen molar-refractivity contribution >= 4 is 34.3 Å². The Morgan fingerprint density at radius 3 is 3.19 bits per heavy atom. The van der Waals surface area contributed by atoms with Gasteiger partial charge in [-0.1, -0.05) is 11.8 Å². The van der Waals surface area contributed by atoms with Gasteiger partial charge in [-0.2, -0.15) is 0 Å². The highest BCUT2D eigenvalue weighted by Crippen LogP contribution is 2.29. The van der Waals surface area contributed by atoms with Gasteiger partial charge in [-0.25, -0.2) is 19.9 Å². The maximum Gasteiger partial charge on any atom is 0.181 e. The Morgan fingerprint density at radius 2 is 2.29 bits per heavy atom. The van der Waals surface area contributed by atoms with Crippen molar-refractivity contribution in [2.75, 3.05) is 0 Å². The molecule has 104 valence electrons. The third-order valence-electron chi connectivity index (χ3n) is 2.86. The van der Waals surface area contributed by atoms with Crippen molar-refractivity contribution in [2.45, 2.75) is 10.8 Å². The molecule has 0 fully saturated rings. The van der Waals surface area contributed by atoms with Crippen LogP contribution >= 0.6 is 23.1 Å². The molecule has 0 amide bonds. The number of aromatic nitrogens is 5. The van der Waals surface area contributed by atoms with Crippen LogP contribution in [-0.4, -0.2) is 24.9 Å². The lowest BCUT2D eigenvalue weighted by atomic mass is 10.4. The van der Waals surface area contributed by atoms with Crippen LogP contribution in [0.1, 0.15) is 5.69 Å². The Bertz CT molecular complexity index is 868. The summed E-state index contributed by atoms with van der Waals surface area (Å²) in [6.45, 7) is 0. The number of nitrogens with zero attached hydrogens (tertiary/aromatic N) is 4. The topological polar surface area (TPSA) is 80.5 Å². The summed E-state index contributed by atoms with van der Waals surface area (Å²) in [6.07, 6.45) is 6.52. The zero-order chi connectivity index (χ0) is 14.1. The van der Waals surface area contributed by atoms with Gasteiger partial charge >= 0.3 is 0 Å². The Hall–Kier alpha value is -2.19. The first kappa shape index (κ1) is 12.5. The number of thiazole rings is 1. The van der Waals surface area contributed by atoms with Gasteiger partial charge in [0.25, 0.3) is 0 Å². The number of furan rings is 1. The molecular weight excluding hydrogens is 306 g/mol. The molecule has 4 aromatic heterocycles. The predicted octanol–water partition coefficient (Wildman–Crippen LogP) is 3.36. The molecular formula is C13H9N5OS2. The van der Waals surface area contributed by atoms with Crippen molar-refractivity contribution in [1.29, 1.82) is 0 Å². The van der Waals surface area contributed by atoms with Gasteiger partial charge in [0.15, 0.2) is 5.65 Å². The average molecular weight is 315 g/mol. The quantitative estimate of drug-likeness (QED) is 0.459. The van der Waals surface area contributed by atoms with E-state index in [1.54, 1.807) is 42.0 Å². The summed E-state index contributed by atoms with van der Waals surface area (Å²) >= 11 is 3.23. The van der Waals surface area contributed by atoms with E-state index in [2.05, 4.69) is 30.3 Å². The minimum absolute atomic E-state index is 0.685. The minimum atomic E-state index is 0.685. The SMILES string of the molecule is c1nc(SCc2csc(-c3ccoc3)n2)c2[nH]cnc2n1. The summed E-state index contributed by atoms with van der Waals surface area (Å²) < 4.78 is 5.08. The van der Waals surface area contributed by atoms with Crippen molar-refractivity contribution in [1.82, 2.24) is 24.9 Å². The fourth-order valence-electron chi connectivity index (χ4n) is 1.89. The third kappa shape index (κ3) is 2.43. The highest BCUT2D eigenvalue weighted by atomic mass is 32.2. The van der Waals surface area contributed by atoms with Gasteiger partial charge in [-0.15, -0.1) is 11.3 Å². The number of aromatic amines is 1. The number of rotatable bonds is 4. The number of fused-ring (bicyclic) bond motifs is 1. The normalized spacial score (nSPS) is 11.2. The molecule has 0 aliphatic rings. The molecule has 6 nitrogen and oxygen atoms in total. The molecule has 1 N–H and O–H groups in total. The van der Waals surface area contributed by atoms with Gasteiger partial charge in [0.05, 0.1) is 18.3 Å². The fraction of sp³-hybridized carbons (Fsp3) is 0.0769. The molecule has 4 aromatic rings. The molecule has 0 spiro atoms. The van der Waals surface area contributed by atoms with Crippen LogP contribution in [0.4, 0.5) is 0 Å². The second-order valence-electron chi connectivity index (χ2n) is 4.22. The molecule has 0 saturated heterocycles. The van der Waals surface area contributed by atoms with E-state index < -0.39 is 0 Å². The standard InChI is InChI=1S/C13H9N5OS2/c1-2-19-3-8(1)12-18-9(4-20-12)5-21-13-10-11(15-6-14-10)16-7-17-13/h1-4,6-7H,5H2,(H,14,15,16,17). The number of hydrogen-bond acceptors (Lipinski definition) is 7. The Morgan fingerprint density at radius 1 is 1.29 bits per heavy atom. The van der Waals surface area contributed by atoms with Crippen LogP contribution in [0.25, 0.3) is 21.7 Å². The maximum atomic E-state index is 5.08. The van der Waals surface area contributed by atoms with Gasteiger partial charge in [-0.3, -0.25) is 0 Å². The predicted molar refractivity (Wildman–Crippen MR) is 81.1 cm³/mol. The van der Waals surface area contributed by atoms with Crippen LogP contribution in [0.15, 0.2) is 46.1 Å². The van der Waals surface area contributed by atoms with Crippen molar-refractivity contribution in [3.05, 3.63) is 42.3 Å². The van der Waals surface area contributed by atoms with Crippen LogP contribution in [0.2, 0.25) is 0 Å². The largest absolute Gasteiger partial charge is 0.472 e. The molecule has 0 aliphatic heterocycles. The van der Waals surface area contributed by atoms with E-state index in [-0.39, 0.29) is 0 Å². The van der Waals surface area contributed by atoms with Gasteiger partial charge in [0.2, 0.25) is 0 Å². The van der Waals surface area contributed by atoms with Gasteiger partial charge < -0.3 is 9.40 Å². The molecule has 0 radical (unpaired) electrons. The Labute approximate surface area is 127 Å². The molecule has 0 atom stereocenters. The average Bonchev–Trinajstić information content (AvgIpc) is 3.23. The first-order valence-corrected chi connectivity index (χ1v) is 8.00. The molecule has 0 aliphatic carbocycles. The van der Waals surface area contributed by atoms with Gasteiger partial charge in [-0.05, 0) is 6.07 Å². The maximum absolute atomic E-state index is 5.08. The number of thioether (sulfide) groups is 1. The molecule has 0 unspecified atom stereocenters. The van der Waals surface area contributed by atoms with Gasteiger partial charge in [0.1, 0.15) is 28.1 Å².